The molecule has 0 unspecified atom stereocenters. The molecule has 1 saturated heterocycles. The van der Waals surface area contributed by atoms with Gasteiger partial charge in [0, 0.05) is 6.04 Å². The first-order chi connectivity index (χ1) is 6.72. The number of halogens is 1. The van der Waals surface area contributed by atoms with Gasteiger partial charge in [-0.15, -0.1) is 0 Å². The Balaban J connectivity index is 2.37. The highest BCUT2D eigenvalue weighted by Crippen LogP contribution is 2.38. The van der Waals surface area contributed by atoms with E-state index in [1.54, 1.807) is 7.11 Å². The lowest BCUT2D eigenvalue weighted by Crippen LogP contribution is -2.34. The quantitative estimate of drug-likeness (QED) is 0.854. The summed E-state index contributed by atoms with van der Waals surface area (Å²) in [7, 11) is 1.56. The molecule has 1 aliphatic rings. The van der Waals surface area contributed by atoms with Crippen LogP contribution < -0.4 is 10.1 Å². The molecule has 0 spiro atoms. The molecule has 14 heavy (non-hydrogen) atoms. The molecular weight excluding hydrogens is 246 g/mol. The average molecular weight is 258 g/mol. The van der Waals surface area contributed by atoms with Gasteiger partial charge in [0.25, 0.3) is 0 Å². The summed E-state index contributed by atoms with van der Waals surface area (Å²) in [6, 6.07) is 4.20. The van der Waals surface area contributed by atoms with E-state index in [0.29, 0.717) is 16.3 Å². The Morgan fingerprint density at radius 3 is 2.79 bits per heavy atom. The third-order valence-corrected chi connectivity index (χ3v) is 3.10. The molecule has 1 aliphatic heterocycles. The molecule has 0 saturated carbocycles. The van der Waals surface area contributed by atoms with E-state index < -0.39 is 0 Å². The van der Waals surface area contributed by atoms with Crippen LogP contribution >= 0.6 is 15.9 Å². The fourth-order valence-corrected chi connectivity index (χ4v) is 1.98. The second-order valence-corrected chi connectivity index (χ2v) is 4.20. The Kier molecular flexibility index (Phi) is 2.65. The number of rotatable bonds is 2. The van der Waals surface area contributed by atoms with Crippen molar-refractivity contribution in [3.8, 4) is 11.5 Å². The lowest BCUT2D eigenvalue weighted by Gasteiger charge is -2.28. The van der Waals surface area contributed by atoms with Crippen molar-refractivity contribution in [2.24, 2.45) is 0 Å². The average Bonchev–Trinajstić information content (AvgIpc) is 2.08. The maximum absolute atomic E-state index is 9.60. The zero-order chi connectivity index (χ0) is 10.1. The van der Waals surface area contributed by atoms with Crippen LogP contribution in [0.1, 0.15) is 18.0 Å². The number of nitrogens with one attached hydrogen (secondary N) is 1. The summed E-state index contributed by atoms with van der Waals surface area (Å²) in [6.07, 6.45) is 1.14. The van der Waals surface area contributed by atoms with Gasteiger partial charge in [-0.1, -0.05) is 0 Å². The summed E-state index contributed by atoms with van der Waals surface area (Å²) < 4.78 is 5.76. The van der Waals surface area contributed by atoms with Gasteiger partial charge >= 0.3 is 0 Å². The summed E-state index contributed by atoms with van der Waals surface area (Å²) in [5.74, 6) is 0.679. The van der Waals surface area contributed by atoms with Gasteiger partial charge in [-0.05, 0) is 46.6 Å². The van der Waals surface area contributed by atoms with Crippen LogP contribution in [-0.2, 0) is 0 Å². The van der Waals surface area contributed by atoms with Crippen molar-refractivity contribution in [2.75, 3.05) is 13.7 Å². The Morgan fingerprint density at radius 2 is 2.29 bits per heavy atom. The molecule has 0 radical (unpaired) electrons. The molecule has 0 bridgehead atoms. The minimum atomic E-state index is 0.163. The summed E-state index contributed by atoms with van der Waals surface area (Å²) >= 11 is 3.30. The van der Waals surface area contributed by atoms with Crippen LogP contribution in [0.5, 0.6) is 11.5 Å². The van der Waals surface area contributed by atoms with Crippen molar-refractivity contribution < 1.29 is 9.84 Å². The molecule has 4 heteroatoms. The smallest absolute Gasteiger partial charge is 0.172 e. The van der Waals surface area contributed by atoms with Gasteiger partial charge < -0.3 is 15.2 Å². The molecule has 0 amide bonds. The Bertz CT molecular complexity index is 350. The van der Waals surface area contributed by atoms with E-state index in [2.05, 4.69) is 21.2 Å². The highest BCUT2D eigenvalue weighted by Gasteiger charge is 2.20. The second kappa shape index (κ2) is 3.79. The zero-order valence-electron chi connectivity index (χ0n) is 7.88. The van der Waals surface area contributed by atoms with Gasteiger partial charge in [-0.25, -0.2) is 0 Å². The topological polar surface area (TPSA) is 41.5 Å². The van der Waals surface area contributed by atoms with Crippen molar-refractivity contribution in [1.29, 1.82) is 0 Å². The van der Waals surface area contributed by atoms with Crippen LogP contribution in [0.3, 0.4) is 0 Å². The fourth-order valence-electron chi connectivity index (χ4n) is 1.52. The normalized spacial score (nSPS) is 20.3. The van der Waals surface area contributed by atoms with E-state index >= 15 is 0 Å². The predicted octanol–water partition coefficient (Wildman–Crippen LogP) is 2.20. The van der Waals surface area contributed by atoms with E-state index in [-0.39, 0.29) is 5.75 Å². The number of benzene rings is 1. The van der Waals surface area contributed by atoms with Crippen LogP contribution in [0, 0.1) is 0 Å². The zero-order valence-corrected chi connectivity index (χ0v) is 9.47. The van der Waals surface area contributed by atoms with Gasteiger partial charge in [0.2, 0.25) is 0 Å². The van der Waals surface area contributed by atoms with Crippen molar-refractivity contribution >= 4 is 15.9 Å². The summed E-state index contributed by atoms with van der Waals surface area (Å²) in [6.45, 7) is 1.06. The first-order valence-electron chi connectivity index (χ1n) is 4.52. The molecule has 2 N–H and O–H groups in total. The molecule has 3 nitrogen and oxygen atoms in total. The van der Waals surface area contributed by atoms with Gasteiger partial charge in [-0.3, -0.25) is 0 Å². The molecule has 1 fully saturated rings. The van der Waals surface area contributed by atoms with Crippen LogP contribution in [-0.4, -0.2) is 18.8 Å². The minimum Gasteiger partial charge on any atom is -0.503 e. The Labute approximate surface area is 91.2 Å². The Morgan fingerprint density at radius 1 is 1.57 bits per heavy atom. The number of methoxy groups -OCH3 is 1. The third kappa shape index (κ3) is 1.60. The third-order valence-electron chi connectivity index (χ3n) is 2.50. The van der Waals surface area contributed by atoms with Gasteiger partial charge in [0.1, 0.15) is 0 Å². The fraction of sp³-hybridized carbons (Fsp3) is 0.400. The standard InChI is InChI=1S/C10H12BrNO2/c1-14-9-5-6(8-2-3-12-8)4-7(11)10(9)13/h4-5,8,12-13H,2-3H2,1H3/t8-/m1/s1. The highest BCUT2D eigenvalue weighted by molar-refractivity contribution is 9.10. The van der Waals surface area contributed by atoms with E-state index in [1.165, 1.54) is 0 Å². The largest absolute Gasteiger partial charge is 0.503 e. The molecule has 1 atom stereocenters. The maximum Gasteiger partial charge on any atom is 0.172 e. The lowest BCUT2D eigenvalue weighted by atomic mass is 9.98. The van der Waals surface area contributed by atoms with Crippen molar-refractivity contribution in [3.05, 3.63) is 22.2 Å². The monoisotopic (exact) mass is 257 g/mol. The molecule has 76 valence electrons. The first-order valence-corrected chi connectivity index (χ1v) is 5.31. The van der Waals surface area contributed by atoms with E-state index in [4.69, 9.17) is 4.74 Å². The van der Waals surface area contributed by atoms with E-state index in [9.17, 15) is 5.11 Å². The molecule has 0 aromatic heterocycles. The van der Waals surface area contributed by atoms with Gasteiger partial charge in [-0.2, -0.15) is 0 Å². The lowest BCUT2D eigenvalue weighted by molar-refractivity contribution is 0.361. The van der Waals surface area contributed by atoms with Crippen molar-refractivity contribution in [3.63, 3.8) is 0 Å². The summed E-state index contributed by atoms with van der Waals surface area (Å²) in [5.41, 5.74) is 1.15. The number of ether oxygens (including phenoxy) is 1. The van der Waals surface area contributed by atoms with Crippen molar-refractivity contribution in [2.45, 2.75) is 12.5 Å². The maximum atomic E-state index is 9.60. The number of phenolic OH excluding ortho intramolecular Hbond substituents is 1. The van der Waals surface area contributed by atoms with Crippen LogP contribution in [0.15, 0.2) is 16.6 Å². The molecule has 1 aromatic rings. The number of hydrogen-bond acceptors (Lipinski definition) is 3. The number of hydrogen-bond donors (Lipinski definition) is 2. The predicted molar refractivity (Wildman–Crippen MR) is 57.7 cm³/mol. The number of phenols is 1. The Hall–Kier alpha value is -0.740. The van der Waals surface area contributed by atoms with E-state index in [1.807, 2.05) is 12.1 Å². The van der Waals surface area contributed by atoms with Crippen LogP contribution in [0.25, 0.3) is 0 Å². The molecule has 0 aliphatic carbocycles. The van der Waals surface area contributed by atoms with Gasteiger partial charge in [0.05, 0.1) is 11.6 Å². The molecular formula is C10H12BrNO2. The minimum absolute atomic E-state index is 0.163. The molecule has 1 aromatic carbocycles. The summed E-state index contributed by atoms with van der Waals surface area (Å²) in [4.78, 5) is 0. The number of aromatic hydroxyl groups is 1. The van der Waals surface area contributed by atoms with E-state index in [0.717, 1.165) is 18.5 Å². The SMILES string of the molecule is COc1cc([C@H]2CCN2)cc(Br)c1O. The first kappa shape index (κ1) is 9.80. The van der Waals surface area contributed by atoms with Crippen LogP contribution in [0.4, 0.5) is 0 Å². The van der Waals surface area contributed by atoms with Crippen molar-refractivity contribution in [1.82, 2.24) is 5.32 Å². The van der Waals surface area contributed by atoms with Crippen LogP contribution in [0.2, 0.25) is 0 Å². The molecule has 2 rings (SSSR count). The summed E-state index contributed by atoms with van der Waals surface area (Å²) in [5, 5.41) is 12.9. The second-order valence-electron chi connectivity index (χ2n) is 3.35. The van der Waals surface area contributed by atoms with Gasteiger partial charge in [0.15, 0.2) is 11.5 Å². The highest BCUT2D eigenvalue weighted by atomic mass is 79.9. The molecule has 1 heterocycles.